The van der Waals surface area contributed by atoms with Gasteiger partial charge >= 0.3 is 0 Å². The number of fused-ring (bicyclic) bond motifs is 1. The summed E-state index contributed by atoms with van der Waals surface area (Å²) in [4.78, 5) is 27.4. The van der Waals surface area contributed by atoms with Gasteiger partial charge in [0.1, 0.15) is 0 Å². The summed E-state index contributed by atoms with van der Waals surface area (Å²) in [5.74, 6) is 1.89. The molecule has 0 atom stereocenters. The molecule has 192 valence electrons. The molecule has 4 heterocycles. The molecule has 1 aromatic carbocycles. The highest BCUT2D eigenvalue weighted by Crippen LogP contribution is 2.40. The van der Waals surface area contributed by atoms with E-state index in [1.165, 1.54) is 5.56 Å². The van der Waals surface area contributed by atoms with Gasteiger partial charge in [0, 0.05) is 56.8 Å². The Balaban J connectivity index is 1.05. The Morgan fingerprint density at radius 3 is 2.54 bits per heavy atom. The minimum absolute atomic E-state index is 0.0968. The van der Waals surface area contributed by atoms with E-state index in [9.17, 15) is 4.79 Å². The highest BCUT2D eigenvalue weighted by Gasteiger charge is 2.30. The predicted molar refractivity (Wildman–Crippen MR) is 140 cm³/mol. The fourth-order valence-electron chi connectivity index (χ4n) is 5.20. The molecule has 1 saturated heterocycles. The van der Waals surface area contributed by atoms with Gasteiger partial charge in [-0.25, -0.2) is 4.98 Å². The van der Waals surface area contributed by atoms with E-state index in [-0.39, 0.29) is 5.91 Å². The predicted octanol–water partition coefficient (Wildman–Crippen LogP) is 3.90. The minimum atomic E-state index is 0.0968. The van der Waals surface area contributed by atoms with Crippen LogP contribution in [0.25, 0.3) is 22.4 Å². The molecule has 9 nitrogen and oxygen atoms in total. The number of carbonyl (C=O) groups excluding carboxylic acids is 1. The fourth-order valence-corrected chi connectivity index (χ4v) is 5.20. The van der Waals surface area contributed by atoms with Crippen LogP contribution in [0.2, 0.25) is 0 Å². The number of nitrogens with zero attached hydrogens (tertiary/aromatic N) is 7. The van der Waals surface area contributed by atoms with Crippen LogP contribution in [0, 0.1) is 13.8 Å². The number of piperazine rings is 1. The number of pyridine rings is 1. The molecule has 1 aliphatic carbocycles. The number of rotatable bonds is 7. The third kappa shape index (κ3) is 4.87. The van der Waals surface area contributed by atoms with Crippen molar-refractivity contribution in [3.63, 3.8) is 0 Å². The first-order valence-corrected chi connectivity index (χ1v) is 13.2. The van der Waals surface area contributed by atoms with Gasteiger partial charge in [-0.2, -0.15) is 10.1 Å². The smallest absolute Gasteiger partial charge is 0.254 e. The first-order chi connectivity index (χ1) is 18.0. The lowest BCUT2D eigenvalue weighted by atomic mass is 10.1. The third-order valence-electron chi connectivity index (χ3n) is 7.52. The van der Waals surface area contributed by atoms with Gasteiger partial charge < -0.3 is 9.42 Å². The van der Waals surface area contributed by atoms with Crippen molar-refractivity contribution in [1.82, 2.24) is 34.7 Å². The molecule has 37 heavy (non-hydrogen) atoms. The molecule has 0 bridgehead atoms. The lowest BCUT2D eigenvalue weighted by molar-refractivity contribution is 0.0637. The second-order valence-electron chi connectivity index (χ2n) is 10.4. The van der Waals surface area contributed by atoms with Crippen LogP contribution in [0.4, 0.5) is 0 Å². The molecule has 4 aromatic rings. The first kappa shape index (κ1) is 23.8. The Labute approximate surface area is 216 Å². The summed E-state index contributed by atoms with van der Waals surface area (Å²) in [5, 5.41) is 9.58. The van der Waals surface area contributed by atoms with Gasteiger partial charge in [0.25, 0.3) is 5.91 Å². The molecule has 0 unspecified atom stereocenters. The van der Waals surface area contributed by atoms with Gasteiger partial charge in [-0.15, -0.1) is 0 Å². The van der Waals surface area contributed by atoms with Crippen LogP contribution in [0.5, 0.6) is 0 Å². The summed E-state index contributed by atoms with van der Waals surface area (Å²) < 4.78 is 7.27. The van der Waals surface area contributed by atoms with Gasteiger partial charge in [-0.05, 0) is 45.7 Å². The monoisotopic (exact) mass is 499 g/mol. The van der Waals surface area contributed by atoms with Crippen molar-refractivity contribution in [3.8, 4) is 11.4 Å². The molecule has 1 amide bonds. The van der Waals surface area contributed by atoms with E-state index >= 15 is 0 Å². The Hall–Kier alpha value is -3.59. The van der Waals surface area contributed by atoms with Crippen LogP contribution in [0.15, 0.2) is 34.9 Å². The highest BCUT2D eigenvalue weighted by molar-refractivity contribution is 6.06. The van der Waals surface area contributed by atoms with Crippen LogP contribution < -0.4 is 0 Å². The van der Waals surface area contributed by atoms with Crippen molar-refractivity contribution in [2.45, 2.75) is 45.4 Å². The van der Waals surface area contributed by atoms with Crippen LogP contribution in [0.1, 0.15) is 58.4 Å². The topological polar surface area (TPSA) is 93.2 Å². The number of aromatic nitrogens is 5. The SMILES string of the molecule is Cc1ccc(-c2noc(CCCN3CCN(C(=O)c4cc(C5CC5)nc5c4c(C)nn5C)CC3)n2)cc1. The molecule has 1 aliphatic heterocycles. The van der Waals surface area contributed by atoms with E-state index in [1.807, 2.05) is 37.1 Å². The molecule has 6 rings (SSSR count). The molecule has 2 aliphatic rings. The minimum Gasteiger partial charge on any atom is -0.339 e. The van der Waals surface area contributed by atoms with Crippen molar-refractivity contribution in [2.24, 2.45) is 7.05 Å². The van der Waals surface area contributed by atoms with Crippen LogP contribution >= 0.6 is 0 Å². The Morgan fingerprint density at radius 2 is 1.81 bits per heavy atom. The molecular weight excluding hydrogens is 466 g/mol. The van der Waals surface area contributed by atoms with E-state index in [2.05, 4.69) is 39.2 Å². The summed E-state index contributed by atoms with van der Waals surface area (Å²) in [6, 6.07) is 10.2. The van der Waals surface area contributed by atoms with Crippen molar-refractivity contribution >= 4 is 16.9 Å². The summed E-state index contributed by atoms with van der Waals surface area (Å²) in [7, 11) is 1.91. The van der Waals surface area contributed by atoms with Crippen molar-refractivity contribution in [1.29, 1.82) is 0 Å². The number of amides is 1. The normalized spacial score (nSPS) is 16.6. The largest absolute Gasteiger partial charge is 0.339 e. The molecule has 2 fully saturated rings. The van der Waals surface area contributed by atoms with E-state index in [4.69, 9.17) is 9.51 Å². The average molecular weight is 500 g/mol. The Kier molecular flexibility index (Phi) is 6.24. The maximum Gasteiger partial charge on any atom is 0.254 e. The maximum absolute atomic E-state index is 13.6. The summed E-state index contributed by atoms with van der Waals surface area (Å²) in [5.41, 5.74) is 5.64. The van der Waals surface area contributed by atoms with Gasteiger partial charge in [-0.1, -0.05) is 35.0 Å². The number of carbonyl (C=O) groups is 1. The lowest BCUT2D eigenvalue weighted by Crippen LogP contribution is -2.49. The Morgan fingerprint density at radius 1 is 1.05 bits per heavy atom. The second-order valence-corrected chi connectivity index (χ2v) is 10.4. The molecule has 0 radical (unpaired) electrons. The molecule has 0 N–H and O–H groups in total. The number of hydrogen-bond donors (Lipinski definition) is 0. The van der Waals surface area contributed by atoms with Crippen LogP contribution in [-0.2, 0) is 13.5 Å². The fraction of sp³-hybridized carbons (Fsp3) is 0.464. The van der Waals surface area contributed by atoms with Gasteiger partial charge in [0.05, 0.1) is 16.6 Å². The Bertz CT molecular complexity index is 1430. The molecule has 9 heteroatoms. The zero-order valence-corrected chi connectivity index (χ0v) is 21.8. The van der Waals surface area contributed by atoms with Gasteiger partial charge in [0.15, 0.2) is 5.65 Å². The van der Waals surface area contributed by atoms with Gasteiger partial charge in [0.2, 0.25) is 11.7 Å². The third-order valence-corrected chi connectivity index (χ3v) is 7.52. The summed E-state index contributed by atoms with van der Waals surface area (Å²) in [6.07, 6.45) is 3.99. The molecule has 0 spiro atoms. The number of aryl methyl sites for hydroxylation is 4. The van der Waals surface area contributed by atoms with E-state index in [0.717, 1.165) is 92.0 Å². The van der Waals surface area contributed by atoms with Crippen molar-refractivity contribution in [2.75, 3.05) is 32.7 Å². The molecule has 1 saturated carbocycles. The first-order valence-electron chi connectivity index (χ1n) is 13.2. The quantitative estimate of drug-likeness (QED) is 0.381. The van der Waals surface area contributed by atoms with Gasteiger partial charge in [-0.3, -0.25) is 14.4 Å². The number of hydrogen-bond acceptors (Lipinski definition) is 7. The second kappa shape index (κ2) is 9.70. The standard InChI is InChI=1S/C28H33N7O2/c1-18-6-8-21(9-7-18)26-30-24(37-32-26)5-4-12-34-13-15-35(16-14-34)28(36)22-17-23(20-10-11-20)29-27-25(22)19(2)31-33(27)3/h6-9,17,20H,4-5,10-16H2,1-3H3. The zero-order valence-electron chi connectivity index (χ0n) is 21.8. The highest BCUT2D eigenvalue weighted by atomic mass is 16.5. The van der Waals surface area contributed by atoms with Crippen LogP contribution in [-0.4, -0.2) is 73.3 Å². The van der Waals surface area contributed by atoms with E-state index < -0.39 is 0 Å². The number of benzene rings is 1. The van der Waals surface area contributed by atoms with Crippen molar-refractivity contribution in [3.05, 3.63) is 58.7 Å². The summed E-state index contributed by atoms with van der Waals surface area (Å²) >= 11 is 0. The summed E-state index contributed by atoms with van der Waals surface area (Å²) in [6.45, 7) is 8.13. The maximum atomic E-state index is 13.6. The molecule has 3 aromatic heterocycles. The van der Waals surface area contributed by atoms with E-state index in [0.29, 0.717) is 17.6 Å². The van der Waals surface area contributed by atoms with E-state index in [1.54, 1.807) is 4.68 Å². The molecular formula is C28H33N7O2. The zero-order chi connectivity index (χ0) is 25.5. The van der Waals surface area contributed by atoms with Crippen LogP contribution in [0.3, 0.4) is 0 Å². The van der Waals surface area contributed by atoms with Crippen molar-refractivity contribution < 1.29 is 9.32 Å². The lowest BCUT2D eigenvalue weighted by Gasteiger charge is -2.34. The average Bonchev–Trinajstić information content (AvgIpc) is 3.59.